The van der Waals surface area contributed by atoms with Gasteiger partial charge in [0, 0.05) is 32.0 Å². The lowest BCUT2D eigenvalue weighted by atomic mass is 10.1. The summed E-state index contributed by atoms with van der Waals surface area (Å²) in [6.07, 6.45) is 2.31. The van der Waals surface area contributed by atoms with Crippen molar-refractivity contribution in [3.05, 3.63) is 78.1 Å². The molecule has 26 heavy (non-hydrogen) atoms. The van der Waals surface area contributed by atoms with E-state index < -0.39 is 0 Å². The molecular weight excluding hydrogens is 322 g/mol. The Morgan fingerprint density at radius 3 is 2.73 bits per heavy atom. The molecule has 4 rings (SSSR count). The summed E-state index contributed by atoms with van der Waals surface area (Å²) in [6, 6.07) is 16.8. The van der Waals surface area contributed by atoms with Gasteiger partial charge in [-0.15, -0.1) is 6.58 Å². The second-order valence-electron chi connectivity index (χ2n) is 7.02. The van der Waals surface area contributed by atoms with Gasteiger partial charge in [-0.2, -0.15) is 0 Å². The highest BCUT2D eigenvalue weighted by atomic mass is 16.2. The number of imidazole rings is 1. The molecule has 3 aromatic rings. The Morgan fingerprint density at radius 2 is 1.96 bits per heavy atom. The van der Waals surface area contributed by atoms with Gasteiger partial charge in [0.2, 0.25) is 5.91 Å². The third kappa shape index (κ3) is 3.03. The van der Waals surface area contributed by atoms with Gasteiger partial charge in [-0.05, 0) is 24.6 Å². The van der Waals surface area contributed by atoms with Crippen LogP contribution in [0, 0.1) is 6.92 Å². The number of likely N-dealkylation sites (tertiary alicyclic amines) is 1. The van der Waals surface area contributed by atoms with Crippen molar-refractivity contribution in [3.63, 3.8) is 0 Å². The van der Waals surface area contributed by atoms with E-state index in [2.05, 4.69) is 48.4 Å². The number of aromatic nitrogens is 2. The molecular formula is C22H23N3O. The highest BCUT2D eigenvalue weighted by Gasteiger charge is 2.33. The summed E-state index contributed by atoms with van der Waals surface area (Å²) in [5, 5.41) is 0. The molecule has 1 atom stereocenters. The summed E-state index contributed by atoms with van der Waals surface area (Å²) < 4.78 is 2.27. The third-order valence-corrected chi connectivity index (χ3v) is 5.07. The molecule has 4 nitrogen and oxygen atoms in total. The van der Waals surface area contributed by atoms with Crippen molar-refractivity contribution in [3.8, 4) is 0 Å². The second-order valence-corrected chi connectivity index (χ2v) is 7.02. The predicted octanol–water partition coefficient (Wildman–Crippen LogP) is 3.89. The van der Waals surface area contributed by atoms with E-state index in [0.29, 0.717) is 19.5 Å². The monoisotopic (exact) mass is 345 g/mol. The maximum absolute atomic E-state index is 12.3. The first-order valence-corrected chi connectivity index (χ1v) is 9.05. The van der Waals surface area contributed by atoms with E-state index in [0.717, 1.165) is 23.4 Å². The number of carbonyl (C=O) groups excluding carboxylic acids is 1. The molecule has 0 saturated carbocycles. The summed E-state index contributed by atoms with van der Waals surface area (Å²) in [6.45, 7) is 7.94. The summed E-state index contributed by atoms with van der Waals surface area (Å²) in [5.74, 6) is 1.32. The Hall–Kier alpha value is -2.88. The SMILES string of the molecule is C=CCN1CC(c2nc3ccccc3n2Cc2ccc(C)cc2)CC1=O. The van der Waals surface area contributed by atoms with E-state index in [4.69, 9.17) is 4.98 Å². The van der Waals surface area contributed by atoms with Crippen molar-refractivity contribution in [1.29, 1.82) is 0 Å². The molecule has 1 aliphatic rings. The van der Waals surface area contributed by atoms with Crippen molar-refractivity contribution < 1.29 is 4.79 Å². The quantitative estimate of drug-likeness (QED) is 0.658. The van der Waals surface area contributed by atoms with Crippen LogP contribution in [0.5, 0.6) is 0 Å². The molecule has 0 aliphatic carbocycles. The number of carbonyl (C=O) groups is 1. The van der Waals surface area contributed by atoms with Crippen LogP contribution in [0.25, 0.3) is 11.0 Å². The molecule has 2 aromatic carbocycles. The topological polar surface area (TPSA) is 38.1 Å². The van der Waals surface area contributed by atoms with Crippen molar-refractivity contribution >= 4 is 16.9 Å². The van der Waals surface area contributed by atoms with E-state index >= 15 is 0 Å². The molecule has 2 heterocycles. The zero-order valence-electron chi connectivity index (χ0n) is 15.1. The van der Waals surface area contributed by atoms with E-state index in [1.54, 1.807) is 6.08 Å². The van der Waals surface area contributed by atoms with E-state index in [1.807, 2.05) is 23.1 Å². The Kier molecular flexibility index (Phi) is 4.33. The van der Waals surface area contributed by atoms with Gasteiger partial charge in [-0.1, -0.05) is 48.0 Å². The van der Waals surface area contributed by atoms with Crippen LogP contribution in [0.1, 0.15) is 29.3 Å². The minimum absolute atomic E-state index is 0.125. The fourth-order valence-corrected chi connectivity index (χ4v) is 3.73. The lowest BCUT2D eigenvalue weighted by Crippen LogP contribution is -2.25. The Bertz CT molecular complexity index is 955. The normalized spacial score (nSPS) is 17.2. The van der Waals surface area contributed by atoms with Crippen molar-refractivity contribution in [1.82, 2.24) is 14.5 Å². The fraction of sp³-hybridized carbons (Fsp3) is 0.273. The molecule has 1 aliphatic heterocycles. The van der Waals surface area contributed by atoms with Crippen LogP contribution >= 0.6 is 0 Å². The molecule has 0 N–H and O–H groups in total. The first-order chi connectivity index (χ1) is 12.7. The molecule has 0 radical (unpaired) electrons. The molecule has 1 unspecified atom stereocenters. The Morgan fingerprint density at radius 1 is 1.19 bits per heavy atom. The molecule has 1 aromatic heterocycles. The highest BCUT2D eigenvalue weighted by Crippen LogP contribution is 2.31. The van der Waals surface area contributed by atoms with Gasteiger partial charge in [0.05, 0.1) is 11.0 Å². The van der Waals surface area contributed by atoms with Crippen LogP contribution in [0.2, 0.25) is 0 Å². The first-order valence-electron chi connectivity index (χ1n) is 9.05. The lowest BCUT2D eigenvalue weighted by molar-refractivity contribution is -0.127. The predicted molar refractivity (Wildman–Crippen MR) is 104 cm³/mol. The van der Waals surface area contributed by atoms with Crippen LogP contribution in [0.15, 0.2) is 61.2 Å². The molecule has 0 spiro atoms. The number of nitrogens with zero attached hydrogens (tertiary/aromatic N) is 3. The maximum Gasteiger partial charge on any atom is 0.223 e. The molecule has 0 bridgehead atoms. The zero-order valence-corrected chi connectivity index (χ0v) is 15.1. The number of benzene rings is 2. The van der Waals surface area contributed by atoms with Gasteiger partial charge >= 0.3 is 0 Å². The average molecular weight is 345 g/mol. The van der Waals surface area contributed by atoms with Gasteiger partial charge < -0.3 is 9.47 Å². The van der Waals surface area contributed by atoms with Crippen molar-refractivity contribution in [2.45, 2.75) is 25.8 Å². The standard InChI is InChI=1S/C22H23N3O/c1-3-12-24-15-18(13-21(24)26)22-23-19-6-4-5-7-20(19)25(22)14-17-10-8-16(2)9-11-17/h3-11,18H,1,12-15H2,2H3. The Balaban J connectivity index is 1.73. The largest absolute Gasteiger partial charge is 0.338 e. The minimum atomic E-state index is 0.125. The fourth-order valence-electron chi connectivity index (χ4n) is 3.73. The van der Waals surface area contributed by atoms with Gasteiger partial charge in [0.25, 0.3) is 0 Å². The first kappa shape index (κ1) is 16.6. The van der Waals surface area contributed by atoms with Gasteiger partial charge in [0.15, 0.2) is 0 Å². The summed E-state index contributed by atoms with van der Waals surface area (Å²) in [7, 11) is 0. The van der Waals surface area contributed by atoms with Crippen molar-refractivity contribution in [2.75, 3.05) is 13.1 Å². The number of hydrogen-bond donors (Lipinski definition) is 0. The van der Waals surface area contributed by atoms with Crippen LogP contribution in [-0.4, -0.2) is 33.4 Å². The van der Waals surface area contributed by atoms with Gasteiger partial charge in [0.1, 0.15) is 5.82 Å². The Labute approximate surface area is 153 Å². The number of hydrogen-bond acceptors (Lipinski definition) is 2. The van der Waals surface area contributed by atoms with Crippen LogP contribution < -0.4 is 0 Å². The van der Waals surface area contributed by atoms with E-state index in [1.165, 1.54) is 11.1 Å². The zero-order chi connectivity index (χ0) is 18.1. The highest BCUT2D eigenvalue weighted by molar-refractivity contribution is 5.81. The van der Waals surface area contributed by atoms with Crippen LogP contribution in [0.3, 0.4) is 0 Å². The minimum Gasteiger partial charge on any atom is -0.338 e. The maximum atomic E-state index is 12.3. The lowest BCUT2D eigenvalue weighted by Gasteiger charge is -2.16. The van der Waals surface area contributed by atoms with Gasteiger partial charge in [-0.3, -0.25) is 4.79 Å². The summed E-state index contributed by atoms with van der Waals surface area (Å²) in [4.78, 5) is 19.1. The second kappa shape index (κ2) is 6.79. The number of fused-ring (bicyclic) bond motifs is 1. The molecule has 1 amide bonds. The average Bonchev–Trinajstić information content (AvgIpc) is 3.18. The van der Waals surface area contributed by atoms with Gasteiger partial charge in [-0.25, -0.2) is 4.98 Å². The van der Waals surface area contributed by atoms with E-state index in [9.17, 15) is 4.79 Å². The summed E-state index contributed by atoms with van der Waals surface area (Å²) in [5.41, 5.74) is 4.61. The number of para-hydroxylation sites is 2. The molecule has 1 saturated heterocycles. The van der Waals surface area contributed by atoms with Crippen LogP contribution in [-0.2, 0) is 11.3 Å². The molecule has 1 fully saturated rings. The number of aryl methyl sites for hydroxylation is 1. The number of rotatable bonds is 5. The van der Waals surface area contributed by atoms with Crippen molar-refractivity contribution in [2.24, 2.45) is 0 Å². The van der Waals surface area contributed by atoms with E-state index in [-0.39, 0.29) is 11.8 Å². The van der Waals surface area contributed by atoms with Crippen LogP contribution in [0.4, 0.5) is 0 Å². The molecule has 4 heteroatoms. The smallest absolute Gasteiger partial charge is 0.223 e. The molecule has 132 valence electrons. The number of amides is 1. The summed E-state index contributed by atoms with van der Waals surface area (Å²) >= 11 is 0. The third-order valence-electron chi connectivity index (χ3n) is 5.07.